The second kappa shape index (κ2) is 5.24. The van der Waals surface area contributed by atoms with Crippen molar-refractivity contribution in [1.82, 2.24) is 0 Å². The first-order valence-electron chi connectivity index (χ1n) is 3.82. The zero-order chi connectivity index (χ0) is 8.85. The lowest BCUT2D eigenvalue weighted by atomic mass is 10.0. The van der Waals surface area contributed by atoms with Crippen LogP contribution >= 0.6 is 0 Å². The summed E-state index contributed by atoms with van der Waals surface area (Å²) < 4.78 is 11.6. The number of aliphatic hydroxyl groups excluding tert-OH is 1. The molecule has 0 aliphatic heterocycles. The Morgan fingerprint density at radius 1 is 1.55 bits per heavy atom. The Kier molecular flexibility index (Phi) is 5.03. The van der Waals surface area contributed by atoms with Crippen LogP contribution in [-0.4, -0.2) is 23.7 Å². The number of hydrogen-bond donors (Lipinski definition) is 1. The SMILES string of the molecule is CC(C)CC(O)CC(=O)CF. The Labute approximate surface area is 66.4 Å². The molecule has 1 unspecified atom stereocenters. The summed E-state index contributed by atoms with van der Waals surface area (Å²) in [5, 5.41) is 9.13. The number of carbonyl (C=O) groups is 1. The lowest BCUT2D eigenvalue weighted by molar-refractivity contribution is -0.121. The third kappa shape index (κ3) is 5.98. The molecule has 0 amide bonds. The second-order valence-corrected chi connectivity index (χ2v) is 3.16. The molecule has 1 atom stereocenters. The predicted octanol–water partition coefficient (Wildman–Crippen LogP) is 1.32. The van der Waals surface area contributed by atoms with Crippen LogP contribution < -0.4 is 0 Å². The molecule has 0 aromatic rings. The number of Topliss-reactive ketones (excluding diaryl/α,β-unsaturated/α-hetero) is 1. The van der Waals surface area contributed by atoms with Gasteiger partial charge in [-0.15, -0.1) is 0 Å². The van der Waals surface area contributed by atoms with Crippen molar-refractivity contribution in [1.29, 1.82) is 0 Å². The van der Waals surface area contributed by atoms with Crippen molar-refractivity contribution >= 4 is 5.78 Å². The van der Waals surface area contributed by atoms with E-state index in [0.29, 0.717) is 12.3 Å². The van der Waals surface area contributed by atoms with E-state index >= 15 is 0 Å². The molecule has 0 radical (unpaired) electrons. The smallest absolute Gasteiger partial charge is 0.166 e. The molecule has 0 aromatic heterocycles. The summed E-state index contributed by atoms with van der Waals surface area (Å²) in [6.45, 7) is 2.93. The quantitative estimate of drug-likeness (QED) is 0.662. The van der Waals surface area contributed by atoms with E-state index in [1.165, 1.54) is 0 Å². The van der Waals surface area contributed by atoms with Gasteiger partial charge in [0.25, 0.3) is 0 Å². The minimum Gasteiger partial charge on any atom is -0.393 e. The summed E-state index contributed by atoms with van der Waals surface area (Å²) in [5.41, 5.74) is 0. The van der Waals surface area contributed by atoms with Crippen LogP contribution in [0.2, 0.25) is 0 Å². The second-order valence-electron chi connectivity index (χ2n) is 3.16. The Morgan fingerprint density at radius 3 is 2.45 bits per heavy atom. The molecule has 0 saturated carbocycles. The molecule has 0 fully saturated rings. The van der Waals surface area contributed by atoms with Gasteiger partial charge in [0, 0.05) is 6.42 Å². The standard InChI is InChI=1S/C8H15FO2/c1-6(2)3-7(10)4-8(11)5-9/h6-7,10H,3-5H2,1-2H3. The van der Waals surface area contributed by atoms with Crippen molar-refractivity contribution in [2.24, 2.45) is 5.92 Å². The van der Waals surface area contributed by atoms with Crippen molar-refractivity contribution < 1.29 is 14.3 Å². The Balaban J connectivity index is 3.51. The number of ketones is 1. The first-order valence-corrected chi connectivity index (χ1v) is 3.82. The first-order chi connectivity index (χ1) is 5.06. The highest BCUT2D eigenvalue weighted by Gasteiger charge is 2.11. The van der Waals surface area contributed by atoms with Gasteiger partial charge in [-0.25, -0.2) is 4.39 Å². The lowest BCUT2D eigenvalue weighted by Gasteiger charge is -2.10. The van der Waals surface area contributed by atoms with Crippen LogP contribution in [0.25, 0.3) is 0 Å². The Bertz CT molecular complexity index is 123. The molecule has 0 aliphatic carbocycles. The molecule has 2 nitrogen and oxygen atoms in total. The van der Waals surface area contributed by atoms with Gasteiger partial charge < -0.3 is 5.11 Å². The summed E-state index contributed by atoms with van der Waals surface area (Å²) in [7, 11) is 0. The maximum atomic E-state index is 11.6. The fraction of sp³-hybridized carbons (Fsp3) is 0.875. The molecular formula is C8H15FO2. The highest BCUT2D eigenvalue weighted by atomic mass is 19.1. The van der Waals surface area contributed by atoms with Gasteiger partial charge >= 0.3 is 0 Å². The fourth-order valence-corrected chi connectivity index (χ4v) is 0.945. The predicted molar refractivity (Wildman–Crippen MR) is 41.1 cm³/mol. The van der Waals surface area contributed by atoms with Crippen LogP contribution in [0.3, 0.4) is 0 Å². The van der Waals surface area contributed by atoms with Crippen molar-refractivity contribution in [2.75, 3.05) is 6.67 Å². The van der Waals surface area contributed by atoms with Crippen LogP contribution in [0.4, 0.5) is 4.39 Å². The minimum atomic E-state index is -0.963. The number of hydrogen-bond acceptors (Lipinski definition) is 2. The van der Waals surface area contributed by atoms with Crippen molar-refractivity contribution in [2.45, 2.75) is 32.8 Å². The maximum absolute atomic E-state index is 11.6. The zero-order valence-corrected chi connectivity index (χ0v) is 7.01. The topological polar surface area (TPSA) is 37.3 Å². The molecule has 66 valence electrons. The van der Waals surface area contributed by atoms with Gasteiger partial charge in [0.2, 0.25) is 0 Å². The molecule has 0 aliphatic rings. The average molecular weight is 162 g/mol. The van der Waals surface area contributed by atoms with E-state index < -0.39 is 18.6 Å². The molecule has 0 saturated heterocycles. The van der Waals surface area contributed by atoms with Gasteiger partial charge in [-0.1, -0.05) is 13.8 Å². The van der Waals surface area contributed by atoms with E-state index in [0.717, 1.165) is 0 Å². The molecule has 0 spiro atoms. The van der Waals surface area contributed by atoms with Gasteiger partial charge in [0.1, 0.15) is 6.67 Å². The Hall–Kier alpha value is -0.440. The minimum absolute atomic E-state index is 0.0469. The third-order valence-corrected chi connectivity index (χ3v) is 1.36. The molecule has 1 N–H and O–H groups in total. The van der Waals surface area contributed by atoms with Gasteiger partial charge in [-0.05, 0) is 12.3 Å². The molecule has 0 rings (SSSR count). The summed E-state index contributed by atoms with van der Waals surface area (Å²) in [4.78, 5) is 10.5. The summed E-state index contributed by atoms with van der Waals surface area (Å²) >= 11 is 0. The summed E-state index contributed by atoms with van der Waals surface area (Å²) in [6, 6.07) is 0. The van der Waals surface area contributed by atoms with Crippen LogP contribution in [-0.2, 0) is 4.79 Å². The monoisotopic (exact) mass is 162 g/mol. The third-order valence-electron chi connectivity index (χ3n) is 1.36. The highest BCUT2D eigenvalue weighted by molar-refractivity contribution is 5.79. The number of aliphatic hydroxyl groups is 1. The maximum Gasteiger partial charge on any atom is 0.166 e. The number of alkyl halides is 1. The number of carbonyl (C=O) groups excluding carboxylic acids is 1. The van der Waals surface area contributed by atoms with Crippen LogP contribution in [0, 0.1) is 5.92 Å². The number of halogens is 1. The van der Waals surface area contributed by atoms with E-state index in [1.807, 2.05) is 13.8 Å². The lowest BCUT2D eigenvalue weighted by Crippen LogP contribution is -2.16. The van der Waals surface area contributed by atoms with Crippen LogP contribution in [0.5, 0.6) is 0 Å². The van der Waals surface area contributed by atoms with E-state index in [4.69, 9.17) is 5.11 Å². The van der Waals surface area contributed by atoms with E-state index in [1.54, 1.807) is 0 Å². The van der Waals surface area contributed by atoms with Crippen molar-refractivity contribution in [3.05, 3.63) is 0 Å². The summed E-state index contributed by atoms with van der Waals surface area (Å²) in [6.07, 6.45) is -0.154. The molecule has 0 heterocycles. The molecular weight excluding hydrogens is 147 g/mol. The molecule has 0 aromatic carbocycles. The van der Waals surface area contributed by atoms with Gasteiger partial charge in [0.05, 0.1) is 6.10 Å². The fourth-order valence-electron chi connectivity index (χ4n) is 0.945. The molecule has 3 heteroatoms. The normalized spacial score (nSPS) is 13.5. The number of rotatable bonds is 5. The average Bonchev–Trinajstić information content (AvgIpc) is 1.85. The van der Waals surface area contributed by atoms with E-state index in [9.17, 15) is 9.18 Å². The highest BCUT2D eigenvalue weighted by Crippen LogP contribution is 2.07. The van der Waals surface area contributed by atoms with E-state index in [-0.39, 0.29) is 6.42 Å². The summed E-state index contributed by atoms with van der Waals surface area (Å²) in [5.74, 6) is -0.171. The zero-order valence-electron chi connectivity index (χ0n) is 7.01. The first kappa shape index (κ1) is 10.6. The van der Waals surface area contributed by atoms with Crippen LogP contribution in [0.15, 0.2) is 0 Å². The van der Waals surface area contributed by atoms with Gasteiger partial charge in [-0.2, -0.15) is 0 Å². The Morgan fingerprint density at radius 2 is 2.09 bits per heavy atom. The molecule has 11 heavy (non-hydrogen) atoms. The van der Waals surface area contributed by atoms with Crippen LogP contribution in [0.1, 0.15) is 26.7 Å². The van der Waals surface area contributed by atoms with E-state index in [2.05, 4.69) is 0 Å². The van der Waals surface area contributed by atoms with Gasteiger partial charge in [-0.3, -0.25) is 4.79 Å². The molecule has 0 bridgehead atoms. The van der Waals surface area contributed by atoms with Crippen molar-refractivity contribution in [3.63, 3.8) is 0 Å². The largest absolute Gasteiger partial charge is 0.393 e. The van der Waals surface area contributed by atoms with Gasteiger partial charge in [0.15, 0.2) is 5.78 Å². The van der Waals surface area contributed by atoms with Crippen molar-refractivity contribution in [3.8, 4) is 0 Å².